The lowest BCUT2D eigenvalue weighted by molar-refractivity contribution is 0.638. The quantitative estimate of drug-likeness (QED) is 0.627. The van der Waals surface area contributed by atoms with E-state index in [1.165, 1.54) is 16.9 Å². The van der Waals surface area contributed by atoms with E-state index in [4.69, 9.17) is 29.0 Å². The summed E-state index contributed by atoms with van der Waals surface area (Å²) >= 11 is 13.6. The maximum Gasteiger partial charge on any atom is 0.0995 e. The van der Waals surface area contributed by atoms with Crippen molar-refractivity contribution in [2.45, 2.75) is 25.8 Å². The zero-order valence-electron chi connectivity index (χ0n) is 10.6. The first-order valence-electron chi connectivity index (χ1n) is 6.15. The molecule has 0 bridgehead atoms. The van der Waals surface area contributed by atoms with Crippen molar-refractivity contribution in [3.8, 4) is 0 Å². The minimum atomic E-state index is -0.131. The summed E-state index contributed by atoms with van der Waals surface area (Å²) in [4.78, 5) is 0. The highest BCUT2D eigenvalue weighted by molar-refractivity contribution is 7.20. The minimum Gasteiger partial charge on any atom is -0.271 e. The average Bonchev–Trinajstić information content (AvgIpc) is 2.71. The monoisotopic (exact) mass is 314 g/mol. The minimum absolute atomic E-state index is 0.131. The molecule has 0 amide bonds. The number of rotatable bonds is 5. The zero-order chi connectivity index (χ0) is 13.8. The van der Waals surface area contributed by atoms with E-state index in [0.717, 1.165) is 24.0 Å². The Morgan fingerprint density at radius 1 is 1.32 bits per heavy atom. The summed E-state index contributed by atoms with van der Waals surface area (Å²) in [5, 5.41) is 0. The van der Waals surface area contributed by atoms with Crippen LogP contribution in [-0.2, 0) is 6.42 Å². The first kappa shape index (κ1) is 14.8. The summed E-state index contributed by atoms with van der Waals surface area (Å²) in [5.74, 6) is 5.69. The van der Waals surface area contributed by atoms with Crippen LogP contribution in [0, 0.1) is 0 Å². The number of hydrogen-bond donors (Lipinski definition) is 2. The molecule has 2 nitrogen and oxygen atoms in total. The maximum absolute atomic E-state index is 6.21. The Morgan fingerprint density at radius 2 is 2.11 bits per heavy atom. The molecule has 0 saturated heterocycles. The van der Waals surface area contributed by atoms with Crippen molar-refractivity contribution in [2.24, 2.45) is 5.84 Å². The van der Waals surface area contributed by atoms with Crippen LogP contribution in [0.5, 0.6) is 0 Å². The first-order chi connectivity index (χ1) is 9.15. The molecule has 0 spiro atoms. The Hall–Kier alpha value is -0.580. The molecule has 102 valence electrons. The molecular formula is C14H16Cl2N2S. The molecule has 0 aliphatic rings. The molecule has 0 radical (unpaired) electrons. The van der Waals surface area contributed by atoms with E-state index in [1.807, 2.05) is 18.2 Å². The van der Waals surface area contributed by atoms with Gasteiger partial charge in [0.25, 0.3) is 0 Å². The molecule has 0 aliphatic heterocycles. The lowest BCUT2D eigenvalue weighted by atomic mass is 9.98. The van der Waals surface area contributed by atoms with Gasteiger partial charge in [-0.05, 0) is 23.6 Å². The SMILES string of the molecule is CCCc1cccc(C(NN)c2cc(Cl)sc2Cl)c1. The molecule has 2 aromatic rings. The van der Waals surface area contributed by atoms with Gasteiger partial charge in [-0.2, -0.15) is 0 Å². The summed E-state index contributed by atoms with van der Waals surface area (Å²) in [6.07, 6.45) is 2.18. The number of nitrogens with two attached hydrogens (primary N) is 1. The van der Waals surface area contributed by atoms with E-state index in [0.29, 0.717) is 8.67 Å². The third kappa shape index (κ3) is 3.50. The van der Waals surface area contributed by atoms with E-state index in [2.05, 4.69) is 24.5 Å². The van der Waals surface area contributed by atoms with Crippen molar-refractivity contribution in [2.75, 3.05) is 0 Å². The molecule has 5 heteroatoms. The summed E-state index contributed by atoms with van der Waals surface area (Å²) < 4.78 is 1.35. The number of nitrogens with one attached hydrogen (secondary N) is 1. The van der Waals surface area contributed by atoms with Crippen LogP contribution in [0.4, 0.5) is 0 Å². The van der Waals surface area contributed by atoms with E-state index in [-0.39, 0.29) is 6.04 Å². The molecule has 1 heterocycles. The van der Waals surface area contributed by atoms with Gasteiger partial charge >= 0.3 is 0 Å². The molecule has 3 N–H and O–H groups in total. The largest absolute Gasteiger partial charge is 0.271 e. The summed E-state index contributed by atoms with van der Waals surface area (Å²) in [6.45, 7) is 2.17. The lowest BCUT2D eigenvalue weighted by Gasteiger charge is -2.16. The van der Waals surface area contributed by atoms with Crippen molar-refractivity contribution in [1.82, 2.24) is 5.43 Å². The second-order valence-corrected chi connectivity index (χ2v) is 6.66. The highest BCUT2D eigenvalue weighted by Gasteiger charge is 2.18. The molecule has 0 saturated carbocycles. The fraction of sp³-hybridized carbons (Fsp3) is 0.286. The smallest absolute Gasteiger partial charge is 0.0995 e. The van der Waals surface area contributed by atoms with Gasteiger partial charge in [0.1, 0.15) is 0 Å². The van der Waals surface area contributed by atoms with Gasteiger partial charge in [0, 0.05) is 5.56 Å². The molecule has 0 aliphatic carbocycles. The fourth-order valence-corrected chi connectivity index (χ4v) is 3.66. The molecule has 19 heavy (non-hydrogen) atoms. The topological polar surface area (TPSA) is 38.0 Å². The van der Waals surface area contributed by atoms with Crippen molar-refractivity contribution < 1.29 is 0 Å². The van der Waals surface area contributed by atoms with Crippen LogP contribution in [0.3, 0.4) is 0 Å². The van der Waals surface area contributed by atoms with Crippen LogP contribution >= 0.6 is 34.5 Å². The summed E-state index contributed by atoms with van der Waals surface area (Å²) in [5.41, 5.74) is 6.15. The number of hydrazine groups is 1. The fourth-order valence-electron chi connectivity index (χ4n) is 2.13. The number of halogens is 2. The molecule has 1 aromatic heterocycles. The molecular weight excluding hydrogens is 299 g/mol. The molecule has 1 atom stereocenters. The molecule has 1 unspecified atom stereocenters. The van der Waals surface area contributed by atoms with Crippen LogP contribution in [0.15, 0.2) is 30.3 Å². The van der Waals surface area contributed by atoms with Gasteiger partial charge in [-0.25, -0.2) is 5.43 Å². The van der Waals surface area contributed by atoms with Gasteiger partial charge in [0.05, 0.1) is 14.7 Å². The number of thiophene rings is 1. The highest BCUT2D eigenvalue weighted by atomic mass is 35.5. The Morgan fingerprint density at radius 3 is 2.68 bits per heavy atom. The van der Waals surface area contributed by atoms with E-state index < -0.39 is 0 Å². The predicted molar refractivity (Wildman–Crippen MR) is 83.9 cm³/mol. The van der Waals surface area contributed by atoms with Crippen molar-refractivity contribution in [3.05, 3.63) is 55.7 Å². The Bertz CT molecular complexity index is 554. The highest BCUT2D eigenvalue weighted by Crippen LogP contribution is 2.37. The number of benzene rings is 1. The predicted octanol–water partition coefficient (Wildman–Crippen LogP) is 4.56. The standard InChI is InChI=1S/C14H16Cl2N2S/c1-2-4-9-5-3-6-10(7-9)13(18-17)11-8-12(15)19-14(11)16/h3,5-8,13,18H,2,4,17H2,1H3. The lowest BCUT2D eigenvalue weighted by Crippen LogP contribution is -2.28. The van der Waals surface area contributed by atoms with Gasteiger partial charge < -0.3 is 0 Å². The summed E-state index contributed by atoms with van der Waals surface area (Å²) in [7, 11) is 0. The van der Waals surface area contributed by atoms with Crippen LogP contribution in [-0.4, -0.2) is 0 Å². The molecule has 0 fully saturated rings. The van der Waals surface area contributed by atoms with Gasteiger partial charge in [-0.3, -0.25) is 5.84 Å². The van der Waals surface area contributed by atoms with Crippen molar-refractivity contribution >= 4 is 34.5 Å². The van der Waals surface area contributed by atoms with Crippen LogP contribution in [0.1, 0.15) is 36.1 Å². The third-order valence-corrected chi connectivity index (χ3v) is 4.50. The zero-order valence-corrected chi connectivity index (χ0v) is 12.9. The van der Waals surface area contributed by atoms with E-state index in [1.54, 1.807) is 0 Å². The van der Waals surface area contributed by atoms with Crippen LogP contribution in [0.2, 0.25) is 8.67 Å². The van der Waals surface area contributed by atoms with Gasteiger partial charge in [0.15, 0.2) is 0 Å². The third-order valence-electron chi connectivity index (χ3n) is 2.98. The number of hydrogen-bond acceptors (Lipinski definition) is 3. The van der Waals surface area contributed by atoms with E-state index in [9.17, 15) is 0 Å². The van der Waals surface area contributed by atoms with Crippen molar-refractivity contribution in [3.63, 3.8) is 0 Å². The van der Waals surface area contributed by atoms with Crippen molar-refractivity contribution in [1.29, 1.82) is 0 Å². The molecule has 1 aromatic carbocycles. The van der Waals surface area contributed by atoms with Crippen LogP contribution < -0.4 is 11.3 Å². The second kappa shape index (κ2) is 6.73. The molecule has 2 rings (SSSR count). The van der Waals surface area contributed by atoms with Gasteiger partial charge in [-0.15, -0.1) is 11.3 Å². The Balaban J connectivity index is 2.36. The summed E-state index contributed by atoms with van der Waals surface area (Å²) in [6, 6.07) is 10.1. The van der Waals surface area contributed by atoms with Gasteiger partial charge in [-0.1, -0.05) is 60.8 Å². The second-order valence-electron chi connectivity index (χ2n) is 4.37. The number of aryl methyl sites for hydroxylation is 1. The van der Waals surface area contributed by atoms with E-state index >= 15 is 0 Å². The van der Waals surface area contributed by atoms with Gasteiger partial charge in [0.2, 0.25) is 0 Å². The Labute approximate surface area is 127 Å². The normalized spacial score (nSPS) is 12.6. The van der Waals surface area contributed by atoms with Crippen LogP contribution in [0.25, 0.3) is 0 Å². The Kier molecular flexibility index (Phi) is 5.25. The average molecular weight is 315 g/mol. The first-order valence-corrected chi connectivity index (χ1v) is 7.72. The maximum atomic E-state index is 6.21.